The summed E-state index contributed by atoms with van der Waals surface area (Å²) in [4.78, 5) is 13.3. The standard InChI is InChI=1S/C15H19F2NO5S2/c1-9-6-11(23-14(16)17)12(24-9)13(19)18-10-2-4-22-15(7-10)3-5-25(20,21)8-15/h6,10,14H,2-5,7-8H2,1H3,(H,18,19)/t10-,15-/m1/s1. The van der Waals surface area contributed by atoms with E-state index in [0.717, 1.165) is 11.3 Å². The molecule has 6 nitrogen and oxygen atoms in total. The van der Waals surface area contributed by atoms with Crippen LogP contribution in [0.1, 0.15) is 33.8 Å². The summed E-state index contributed by atoms with van der Waals surface area (Å²) in [6, 6.07) is 1.14. The van der Waals surface area contributed by atoms with Crippen LogP contribution in [-0.4, -0.2) is 50.7 Å². The molecule has 2 aliphatic heterocycles. The third kappa shape index (κ3) is 4.29. The van der Waals surface area contributed by atoms with Crippen LogP contribution in [0.25, 0.3) is 0 Å². The molecule has 140 valence electrons. The minimum atomic E-state index is -3.11. The summed E-state index contributed by atoms with van der Waals surface area (Å²) in [6.45, 7) is -0.952. The molecule has 1 N–H and O–H groups in total. The van der Waals surface area contributed by atoms with E-state index in [9.17, 15) is 22.0 Å². The van der Waals surface area contributed by atoms with Crippen molar-refractivity contribution < 1.29 is 31.5 Å². The molecule has 1 aromatic heterocycles. The average Bonchev–Trinajstić information content (AvgIpc) is 2.98. The Morgan fingerprint density at radius 2 is 2.28 bits per heavy atom. The van der Waals surface area contributed by atoms with Gasteiger partial charge in [-0.15, -0.1) is 11.3 Å². The molecule has 1 amide bonds. The molecular weight excluding hydrogens is 376 g/mol. The van der Waals surface area contributed by atoms with Gasteiger partial charge in [0.25, 0.3) is 5.91 Å². The smallest absolute Gasteiger partial charge is 0.387 e. The molecular formula is C15H19F2NO5S2. The predicted octanol–water partition coefficient (Wildman–Crippen LogP) is 2.12. The summed E-state index contributed by atoms with van der Waals surface area (Å²) in [5.41, 5.74) is -0.747. The van der Waals surface area contributed by atoms with Gasteiger partial charge in [-0.1, -0.05) is 0 Å². The van der Waals surface area contributed by atoms with E-state index in [4.69, 9.17) is 4.74 Å². The van der Waals surface area contributed by atoms with Gasteiger partial charge in [-0.05, 0) is 32.3 Å². The summed E-state index contributed by atoms with van der Waals surface area (Å²) >= 11 is 1.08. The average molecular weight is 395 g/mol. The van der Waals surface area contributed by atoms with E-state index < -0.39 is 28.0 Å². The summed E-state index contributed by atoms with van der Waals surface area (Å²) in [5.74, 6) is -0.578. The number of halogens is 2. The van der Waals surface area contributed by atoms with Gasteiger partial charge >= 0.3 is 6.61 Å². The maximum absolute atomic E-state index is 12.5. The molecule has 0 aliphatic carbocycles. The maximum Gasteiger partial charge on any atom is 0.387 e. The summed E-state index contributed by atoms with van der Waals surface area (Å²) in [6.07, 6.45) is 1.36. The number of nitrogens with one attached hydrogen (secondary N) is 1. The maximum atomic E-state index is 12.5. The van der Waals surface area contributed by atoms with Crippen molar-refractivity contribution in [1.29, 1.82) is 0 Å². The molecule has 0 bridgehead atoms. The summed E-state index contributed by atoms with van der Waals surface area (Å²) in [7, 11) is -3.11. The van der Waals surface area contributed by atoms with Gasteiger partial charge in [0, 0.05) is 17.5 Å². The highest BCUT2D eigenvalue weighted by molar-refractivity contribution is 7.91. The topological polar surface area (TPSA) is 81.7 Å². The lowest BCUT2D eigenvalue weighted by atomic mass is 9.90. The number of hydrogen-bond acceptors (Lipinski definition) is 6. The minimum absolute atomic E-state index is 0.0375. The van der Waals surface area contributed by atoms with Crippen LogP contribution in [0.15, 0.2) is 6.07 Å². The Bertz CT molecular complexity index is 764. The zero-order chi connectivity index (χ0) is 18.2. The Labute approximate surface area is 148 Å². The molecule has 2 aliphatic rings. The van der Waals surface area contributed by atoms with E-state index in [-0.39, 0.29) is 28.2 Å². The van der Waals surface area contributed by atoms with Gasteiger partial charge in [-0.25, -0.2) is 8.42 Å². The van der Waals surface area contributed by atoms with Gasteiger partial charge in [0.05, 0.1) is 17.1 Å². The third-order valence-corrected chi connectivity index (χ3v) is 7.25. The monoisotopic (exact) mass is 395 g/mol. The lowest BCUT2D eigenvalue weighted by molar-refractivity contribution is -0.0691. The van der Waals surface area contributed by atoms with Gasteiger partial charge in [0.15, 0.2) is 9.84 Å². The summed E-state index contributed by atoms with van der Waals surface area (Å²) in [5, 5.41) is 2.81. The number of sulfone groups is 1. The van der Waals surface area contributed by atoms with E-state index >= 15 is 0 Å². The highest BCUT2D eigenvalue weighted by Crippen LogP contribution is 2.36. The Kier molecular flexibility index (Phi) is 5.04. The molecule has 1 spiro atoms. The van der Waals surface area contributed by atoms with Crippen LogP contribution in [0.4, 0.5) is 8.78 Å². The third-order valence-electron chi connectivity index (χ3n) is 4.42. The summed E-state index contributed by atoms with van der Waals surface area (Å²) < 4.78 is 58.6. The normalized spacial score (nSPS) is 28.4. The van der Waals surface area contributed by atoms with Crippen LogP contribution in [0.3, 0.4) is 0 Å². The van der Waals surface area contributed by atoms with Crippen LogP contribution in [-0.2, 0) is 14.6 Å². The predicted molar refractivity (Wildman–Crippen MR) is 88.1 cm³/mol. The molecule has 1 aromatic rings. The second-order valence-corrected chi connectivity index (χ2v) is 9.91. The molecule has 0 radical (unpaired) electrons. The number of thiophene rings is 1. The van der Waals surface area contributed by atoms with E-state index in [0.29, 0.717) is 30.7 Å². The molecule has 0 saturated carbocycles. The quantitative estimate of drug-likeness (QED) is 0.845. The van der Waals surface area contributed by atoms with Crippen molar-refractivity contribution in [3.8, 4) is 5.75 Å². The number of carbonyl (C=O) groups excluding carboxylic acids is 1. The number of aryl methyl sites for hydroxylation is 1. The van der Waals surface area contributed by atoms with E-state index in [1.54, 1.807) is 6.92 Å². The number of amides is 1. The first-order valence-corrected chi connectivity index (χ1v) is 10.5. The highest BCUT2D eigenvalue weighted by Gasteiger charge is 2.46. The van der Waals surface area contributed by atoms with Gasteiger partial charge in [0.1, 0.15) is 10.6 Å². The first-order chi connectivity index (χ1) is 11.7. The number of hydrogen-bond donors (Lipinski definition) is 1. The lowest BCUT2D eigenvalue weighted by Crippen LogP contribution is -2.49. The Morgan fingerprint density at radius 3 is 2.92 bits per heavy atom. The van der Waals surface area contributed by atoms with Crippen LogP contribution < -0.4 is 10.1 Å². The zero-order valence-corrected chi connectivity index (χ0v) is 15.2. The van der Waals surface area contributed by atoms with Crippen LogP contribution in [0.5, 0.6) is 5.75 Å². The first-order valence-electron chi connectivity index (χ1n) is 7.89. The second-order valence-electron chi connectivity index (χ2n) is 6.47. The number of carbonyl (C=O) groups is 1. The molecule has 10 heteroatoms. The van der Waals surface area contributed by atoms with Crippen LogP contribution in [0, 0.1) is 6.92 Å². The van der Waals surface area contributed by atoms with Crippen molar-refractivity contribution in [1.82, 2.24) is 5.32 Å². The van der Waals surface area contributed by atoms with Crippen molar-refractivity contribution in [2.45, 2.75) is 44.4 Å². The fourth-order valence-corrected chi connectivity index (χ4v) is 6.22. The van der Waals surface area contributed by atoms with Crippen LogP contribution in [0.2, 0.25) is 0 Å². The Balaban J connectivity index is 1.69. The second kappa shape index (κ2) is 6.81. The van der Waals surface area contributed by atoms with E-state index in [2.05, 4.69) is 10.1 Å². The number of ether oxygens (including phenoxy) is 2. The first kappa shape index (κ1) is 18.5. The van der Waals surface area contributed by atoms with Crippen molar-refractivity contribution in [2.75, 3.05) is 18.1 Å². The fourth-order valence-electron chi connectivity index (χ4n) is 3.40. The molecule has 2 saturated heterocycles. The Morgan fingerprint density at radius 1 is 1.52 bits per heavy atom. The molecule has 0 unspecified atom stereocenters. The molecule has 0 aromatic carbocycles. The van der Waals surface area contributed by atoms with Gasteiger partial charge in [-0.2, -0.15) is 8.78 Å². The van der Waals surface area contributed by atoms with Crippen molar-refractivity contribution in [2.24, 2.45) is 0 Å². The van der Waals surface area contributed by atoms with E-state index in [1.807, 2.05) is 0 Å². The Hall–Kier alpha value is -1.26. The number of rotatable bonds is 4. The molecule has 25 heavy (non-hydrogen) atoms. The minimum Gasteiger partial charge on any atom is -0.433 e. The fraction of sp³-hybridized carbons (Fsp3) is 0.667. The molecule has 2 fully saturated rings. The largest absolute Gasteiger partial charge is 0.433 e. The van der Waals surface area contributed by atoms with Gasteiger partial charge in [-0.3, -0.25) is 4.79 Å². The van der Waals surface area contributed by atoms with Gasteiger partial charge in [0.2, 0.25) is 0 Å². The van der Waals surface area contributed by atoms with Crippen LogP contribution >= 0.6 is 11.3 Å². The van der Waals surface area contributed by atoms with Crippen molar-refractivity contribution in [3.05, 3.63) is 15.8 Å². The lowest BCUT2D eigenvalue weighted by Gasteiger charge is -2.37. The zero-order valence-electron chi connectivity index (χ0n) is 13.6. The SMILES string of the molecule is Cc1cc(OC(F)F)c(C(=O)N[C@@H]2CCO[C@]3(CCS(=O)(=O)C3)C2)s1. The van der Waals surface area contributed by atoms with E-state index in [1.165, 1.54) is 6.07 Å². The highest BCUT2D eigenvalue weighted by atomic mass is 32.2. The molecule has 3 rings (SSSR count). The number of alkyl halides is 2. The van der Waals surface area contributed by atoms with Crippen molar-refractivity contribution >= 4 is 27.1 Å². The molecule has 2 atom stereocenters. The van der Waals surface area contributed by atoms with Gasteiger partial charge < -0.3 is 14.8 Å². The molecule has 3 heterocycles. The van der Waals surface area contributed by atoms with Crippen molar-refractivity contribution in [3.63, 3.8) is 0 Å².